The molecule has 1 aromatic carbocycles. The summed E-state index contributed by atoms with van der Waals surface area (Å²) in [6.07, 6.45) is 5.90. The lowest BCUT2D eigenvalue weighted by atomic mass is 9.71. The highest BCUT2D eigenvalue weighted by atomic mass is 35.7. The van der Waals surface area contributed by atoms with Gasteiger partial charge in [0.25, 0.3) is 0 Å². The van der Waals surface area contributed by atoms with Gasteiger partial charge in [-0.25, -0.2) is 28.0 Å². The summed E-state index contributed by atoms with van der Waals surface area (Å²) in [5.74, 6) is 0.702. The van der Waals surface area contributed by atoms with Crippen LogP contribution in [0.2, 0.25) is 0 Å². The SMILES string of the molecule is CC[C@@]1(/C=C(\OC)C(=O)OC)CCC[N+]2=C1c1[nH]c3ccc(OC)cc3c1CC2.[O-][Cl+3]([O-])([O-])[O-]. The largest absolute Gasteiger partial charge is 0.497 e. The predicted molar refractivity (Wildman–Crippen MR) is 112 cm³/mol. The molecule has 0 radical (unpaired) electrons. The van der Waals surface area contributed by atoms with Crippen LogP contribution in [0.3, 0.4) is 0 Å². The maximum Gasteiger partial charge on any atom is 0.372 e. The minimum atomic E-state index is -4.94. The summed E-state index contributed by atoms with van der Waals surface area (Å²) < 4.78 is 52.3. The van der Waals surface area contributed by atoms with E-state index in [2.05, 4.69) is 28.6 Å². The Hall–Kier alpha value is -2.63. The number of benzene rings is 1. The van der Waals surface area contributed by atoms with Gasteiger partial charge in [-0.05, 0) is 42.7 Å². The molecule has 3 heterocycles. The number of carbonyl (C=O) groups is 1. The highest BCUT2D eigenvalue weighted by molar-refractivity contribution is 6.08. The van der Waals surface area contributed by atoms with Crippen molar-refractivity contribution < 1.29 is 52.5 Å². The van der Waals surface area contributed by atoms with Crippen LogP contribution in [0.15, 0.2) is 30.0 Å². The third-order valence-corrected chi connectivity index (χ3v) is 6.47. The molecule has 186 valence electrons. The number of nitrogens with zero attached hydrogens (tertiary/aromatic N) is 1. The quantitative estimate of drug-likeness (QED) is 0.231. The molecule has 11 heteroatoms. The Kier molecular flexibility index (Phi) is 7.89. The zero-order valence-electron chi connectivity index (χ0n) is 19.6. The van der Waals surface area contributed by atoms with Crippen molar-refractivity contribution in [1.29, 1.82) is 0 Å². The molecule has 0 bridgehead atoms. The smallest absolute Gasteiger partial charge is 0.372 e. The molecule has 0 saturated heterocycles. The topological polar surface area (TPSA) is 156 Å². The van der Waals surface area contributed by atoms with Crippen LogP contribution in [0.4, 0.5) is 0 Å². The predicted octanol–water partition coefficient (Wildman–Crippen LogP) is -1.33. The lowest BCUT2D eigenvalue weighted by Crippen LogP contribution is -2.68. The highest BCUT2D eigenvalue weighted by Crippen LogP contribution is 2.42. The molecule has 0 saturated carbocycles. The van der Waals surface area contributed by atoms with E-state index in [1.807, 2.05) is 12.1 Å². The summed E-state index contributed by atoms with van der Waals surface area (Å²) in [6, 6.07) is 6.18. The lowest BCUT2D eigenvalue weighted by molar-refractivity contribution is -2.00. The third kappa shape index (κ3) is 5.37. The Labute approximate surface area is 199 Å². The van der Waals surface area contributed by atoms with Crippen LogP contribution in [0.5, 0.6) is 5.75 Å². The molecular weight excluding hydrogens is 468 g/mol. The summed E-state index contributed by atoms with van der Waals surface area (Å²) in [6.45, 7) is 4.18. The molecule has 0 amide bonds. The van der Waals surface area contributed by atoms with Crippen LogP contribution in [0.25, 0.3) is 10.9 Å². The summed E-state index contributed by atoms with van der Waals surface area (Å²) in [7, 11) is -0.333. The van der Waals surface area contributed by atoms with E-state index in [0.717, 1.165) is 50.0 Å². The Morgan fingerprint density at radius 3 is 2.47 bits per heavy atom. The molecule has 2 aliphatic rings. The molecule has 0 aliphatic carbocycles. The van der Waals surface area contributed by atoms with E-state index in [1.54, 1.807) is 7.11 Å². The first-order valence-electron chi connectivity index (χ1n) is 10.8. The number of aromatic nitrogens is 1. The number of fused-ring (bicyclic) bond motifs is 4. The lowest BCUT2D eigenvalue weighted by Gasteiger charge is -2.35. The van der Waals surface area contributed by atoms with Gasteiger partial charge in [0.1, 0.15) is 24.5 Å². The van der Waals surface area contributed by atoms with Gasteiger partial charge in [0.2, 0.25) is 11.5 Å². The fourth-order valence-corrected chi connectivity index (χ4v) is 4.96. The van der Waals surface area contributed by atoms with Crippen LogP contribution < -0.4 is 23.4 Å². The van der Waals surface area contributed by atoms with Gasteiger partial charge in [-0.2, -0.15) is 0 Å². The van der Waals surface area contributed by atoms with Crippen molar-refractivity contribution in [2.24, 2.45) is 5.41 Å². The van der Waals surface area contributed by atoms with Crippen molar-refractivity contribution in [2.75, 3.05) is 34.4 Å². The Bertz CT molecular complexity index is 1110. The van der Waals surface area contributed by atoms with E-state index < -0.39 is 16.2 Å². The van der Waals surface area contributed by atoms with Gasteiger partial charge in [-0.15, -0.1) is 10.2 Å². The maximum atomic E-state index is 12.2. The first kappa shape index (κ1) is 26.0. The monoisotopic (exact) mass is 496 g/mol. The third-order valence-electron chi connectivity index (χ3n) is 6.47. The summed E-state index contributed by atoms with van der Waals surface area (Å²) in [5, 5.41) is 1.21. The van der Waals surface area contributed by atoms with Crippen LogP contribution in [-0.4, -0.2) is 55.7 Å². The zero-order chi connectivity index (χ0) is 25.1. The standard InChI is InChI=1S/C23H28N2O4.ClHO4/c1-5-23(14-19(28-3)22(26)29-4)10-6-11-25-12-9-16-17-13-15(27-2)7-8-18(17)24-20(16)21(23)25;2-1(3,4)5/h7-8,13-14H,5-6,9-12H2,1-4H3;(H,2,3,4,5)/b19-14-;/t23-;/m0./s1. The minimum absolute atomic E-state index is 0.272. The van der Waals surface area contributed by atoms with Crippen LogP contribution >= 0.6 is 0 Å². The number of nitrogens with one attached hydrogen (secondary N) is 1. The number of hydrogen-bond acceptors (Lipinski definition) is 8. The van der Waals surface area contributed by atoms with Gasteiger partial charge < -0.3 is 19.2 Å². The fraction of sp³-hybridized carbons (Fsp3) is 0.478. The average Bonchev–Trinajstić information content (AvgIpc) is 3.18. The van der Waals surface area contributed by atoms with Crippen molar-refractivity contribution >= 4 is 22.6 Å². The van der Waals surface area contributed by atoms with Gasteiger partial charge in [0.15, 0.2) is 0 Å². The molecule has 2 aromatic rings. The number of halogens is 1. The first-order chi connectivity index (χ1) is 16.1. The molecule has 0 fully saturated rings. The Morgan fingerprint density at radius 2 is 1.88 bits per heavy atom. The van der Waals surface area contributed by atoms with E-state index in [4.69, 9.17) is 32.8 Å². The number of aromatic amines is 1. The van der Waals surface area contributed by atoms with Gasteiger partial charge in [0.05, 0.1) is 26.7 Å². The van der Waals surface area contributed by atoms with Crippen LogP contribution in [-0.2, 0) is 20.7 Å². The summed E-state index contributed by atoms with van der Waals surface area (Å²) in [5.41, 5.74) is 4.61. The van der Waals surface area contributed by atoms with Crippen molar-refractivity contribution in [3.05, 3.63) is 41.3 Å². The second kappa shape index (κ2) is 10.3. The molecule has 4 rings (SSSR count). The second-order valence-electron chi connectivity index (χ2n) is 8.17. The number of allylic oxidation sites excluding steroid dienone is 1. The molecule has 1 atom stereocenters. The minimum Gasteiger partial charge on any atom is -0.497 e. The Morgan fingerprint density at radius 1 is 1.18 bits per heavy atom. The maximum absolute atomic E-state index is 12.2. The summed E-state index contributed by atoms with van der Waals surface area (Å²) >= 11 is 0. The van der Waals surface area contributed by atoms with E-state index in [-0.39, 0.29) is 11.2 Å². The number of H-pyrrole nitrogens is 1. The number of esters is 1. The fourth-order valence-electron chi connectivity index (χ4n) is 4.96. The van der Waals surface area contributed by atoms with Crippen molar-refractivity contribution in [3.8, 4) is 5.75 Å². The molecule has 0 spiro atoms. The van der Waals surface area contributed by atoms with Crippen molar-refractivity contribution in [3.63, 3.8) is 0 Å². The first-order valence-corrected chi connectivity index (χ1v) is 12.1. The highest BCUT2D eigenvalue weighted by Gasteiger charge is 2.47. The second-order valence-corrected chi connectivity index (χ2v) is 8.93. The molecule has 1 N–H and O–H groups in total. The molecule has 2 aliphatic heterocycles. The molecule has 34 heavy (non-hydrogen) atoms. The molecule has 10 nitrogen and oxygen atoms in total. The summed E-state index contributed by atoms with van der Waals surface area (Å²) in [4.78, 5) is 15.9. The van der Waals surface area contributed by atoms with Crippen molar-refractivity contribution in [2.45, 2.75) is 32.6 Å². The molecule has 0 unspecified atom stereocenters. The Balaban J connectivity index is 0.000000588. The van der Waals surface area contributed by atoms with Crippen LogP contribution in [0.1, 0.15) is 37.4 Å². The number of hydrogen-bond donors (Lipinski definition) is 1. The van der Waals surface area contributed by atoms with E-state index >= 15 is 0 Å². The number of ether oxygens (including phenoxy) is 3. The number of methoxy groups -OCH3 is 3. The van der Waals surface area contributed by atoms with E-state index in [9.17, 15) is 4.79 Å². The number of carbonyl (C=O) groups excluding carboxylic acids is 1. The zero-order valence-corrected chi connectivity index (χ0v) is 20.4. The van der Waals surface area contributed by atoms with Gasteiger partial charge in [-0.1, -0.05) is 6.92 Å². The van der Waals surface area contributed by atoms with E-state index in [1.165, 1.54) is 36.6 Å². The van der Waals surface area contributed by atoms with E-state index in [0.29, 0.717) is 0 Å². The van der Waals surface area contributed by atoms with Crippen molar-refractivity contribution in [1.82, 2.24) is 4.98 Å². The van der Waals surface area contributed by atoms with Gasteiger partial charge in [-0.3, -0.25) is 0 Å². The molecular formula is C23H29ClN2O8. The van der Waals surface area contributed by atoms with Crippen LogP contribution in [0, 0.1) is 15.7 Å². The van der Waals surface area contributed by atoms with Gasteiger partial charge in [0, 0.05) is 23.7 Å². The normalized spacial score (nSPS) is 20.2. The number of rotatable bonds is 5. The molecule has 1 aromatic heterocycles. The van der Waals surface area contributed by atoms with Gasteiger partial charge >= 0.3 is 5.97 Å². The average molecular weight is 497 g/mol.